The minimum absolute atomic E-state index is 0.237. The van der Waals surface area contributed by atoms with Gasteiger partial charge in [0.25, 0.3) is 0 Å². The summed E-state index contributed by atoms with van der Waals surface area (Å²) >= 11 is 0. The first-order chi connectivity index (χ1) is 11.8. The molecule has 128 valence electrons. The number of morpholine rings is 1. The Morgan fingerprint density at radius 2 is 1.92 bits per heavy atom. The van der Waals surface area contributed by atoms with Crippen LogP contribution in [0.2, 0.25) is 0 Å². The van der Waals surface area contributed by atoms with Gasteiger partial charge in [-0.05, 0) is 38.1 Å². The van der Waals surface area contributed by atoms with Crippen molar-refractivity contribution >= 4 is 16.9 Å². The Balaban J connectivity index is 1.32. The van der Waals surface area contributed by atoms with Crippen molar-refractivity contribution < 1.29 is 9.53 Å². The molecule has 1 aromatic carbocycles. The summed E-state index contributed by atoms with van der Waals surface area (Å²) in [6.45, 7) is 5.24. The van der Waals surface area contributed by atoms with Crippen molar-refractivity contribution in [1.82, 2.24) is 19.8 Å². The lowest BCUT2D eigenvalue weighted by molar-refractivity contribution is -0.136. The lowest BCUT2D eigenvalue weighted by Gasteiger charge is -2.33. The SMILES string of the molecule is O=C(CN1CCC(c2nc3ccccc3[nH]2)CC1)N1CCOCC1. The first kappa shape index (κ1) is 15.6. The van der Waals surface area contributed by atoms with Gasteiger partial charge in [0.05, 0.1) is 30.8 Å². The van der Waals surface area contributed by atoms with Crippen LogP contribution in [-0.2, 0) is 9.53 Å². The van der Waals surface area contributed by atoms with Gasteiger partial charge in [-0.15, -0.1) is 0 Å². The number of piperidine rings is 1. The van der Waals surface area contributed by atoms with Gasteiger partial charge in [0.2, 0.25) is 5.91 Å². The Bertz CT molecular complexity index is 667. The van der Waals surface area contributed by atoms with E-state index in [1.807, 2.05) is 23.1 Å². The van der Waals surface area contributed by atoms with Crippen LogP contribution < -0.4 is 0 Å². The van der Waals surface area contributed by atoms with Gasteiger partial charge in [-0.2, -0.15) is 0 Å². The molecule has 0 saturated carbocycles. The summed E-state index contributed by atoms with van der Waals surface area (Å²) in [5.41, 5.74) is 2.15. The summed E-state index contributed by atoms with van der Waals surface area (Å²) < 4.78 is 5.31. The van der Waals surface area contributed by atoms with Gasteiger partial charge in [-0.25, -0.2) is 4.98 Å². The van der Waals surface area contributed by atoms with Gasteiger partial charge in [-0.3, -0.25) is 9.69 Å². The first-order valence-corrected chi connectivity index (χ1v) is 8.82. The number of rotatable bonds is 3. The molecule has 1 N–H and O–H groups in total. The third-order valence-electron chi connectivity index (χ3n) is 5.10. The van der Waals surface area contributed by atoms with Gasteiger partial charge in [-0.1, -0.05) is 12.1 Å². The number of benzene rings is 1. The molecule has 24 heavy (non-hydrogen) atoms. The number of likely N-dealkylation sites (tertiary alicyclic amines) is 1. The Hall–Kier alpha value is -1.92. The van der Waals surface area contributed by atoms with Crippen LogP contribution in [0.15, 0.2) is 24.3 Å². The Labute approximate surface area is 141 Å². The topological polar surface area (TPSA) is 61.5 Å². The number of carbonyl (C=O) groups excluding carboxylic acids is 1. The van der Waals surface area contributed by atoms with Crippen molar-refractivity contribution in [3.8, 4) is 0 Å². The number of aromatic nitrogens is 2. The number of amides is 1. The number of ether oxygens (including phenoxy) is 1. The predicted molar refractivity (Wildman–Crippen MR) is 91.9 cm³/mol. The number of aromatic amines is 1. The lowest BCUT2D eigenvalue weighted by atomic mass is 9.96. The molecule has 1 amide bonds. The van der Waals surface area contributed by atoms with Crippen LogP contribution in [0.5, 0.6) is 0 Å². The predicted octanol–water partition coefficient (Wildman–Crippen LogP) is 1.60. The van der Waals surface area contributed by atoms with E-state index in [1.54, 1.807) is 0 Å². The van der Waals surface area contributed by atoms with Crippen LogP contribution in [0.25, 0.3) is 11.0 Å². The third-order valence-corrected chi connectivity index (χ3v) is 5.10. The fourth-order valence-electron chi connectivity index (χ4n) is 3.63. The molecule has 2 aromatic rings. The average molecular weight is 328 g/mol. The number of para-hydroxylation sites is 2. The van der Waals surface area contributed by atoms with E-state index in [1.165, 1.54) is 0 Å². The fourth-order valence-corrected chi connectivity index (χ4v) is 3.63. The van der Waals surface area contributed by atoms with Gasteiger partial charge in [0.15, 0.2) is 0 Å². The molecule has 0 atom stereocenters. The van der Waals surface area contributed by atoms with E-state index in [0.29, 0.717) is 25.7 Å². The van der Waals surface area contributed by atoms with E-state index in [-0.39, 0.29) is 5.91 Å². The number of H-pyrrole nitrogens is 1. The average Bonchev–Trinajstić information content (AvgIpc) is 3.07. The molecule has 3 heterocycles. The molecule has 0 aliphatic carbocycles. The second kappa shape index (κ2) is 6.91. The molecule has 0 spiro atoms. The zero-order chi connectivity index (χ0) is 16.4. The van der Waals surface area contributed by atoms with Crippen molar-refractivity contribution in [2.75, 3.05) is 45.9 Å². The normalized spacial score (nSPS) is 20.6. The Morgan fingerprint density at radius 1 is 1.17 bits per heavy atom. The Morgan fingerprint density at radius 3 is 2.67 bits per heavy atom. The highest BCUT2D eigenvalue weighted by Crippen LogP contribution is 2.27. The molecule has 6 nitrogen and oxygen atoms in total. The highest BCUT2D eigenvalue weighted by atomic mass is 16.5. The lowest BCUT2D eigenvalue weighted by Crippen LogP contribution is -2.47. The van der Waals surface area contributed by atoms with Gasteiger partial charge in [0, 0.05) is 19.0 Å². The number of carbonyl (C=O) groups is 1. The smallest absolute Gasteiger partial charge is 0.236 e. The summed E-state index contributed by atoms with van der Waals surface area (Å²) in [5, 5.41) is 0. The van der Waals surface area contributed by atoms with Gasteiger partial charge in [0.1, 0.15) is 5.82 Å². The summed E-state index contributed by atoms with van der Waals surface area (Å²) in [5.74, 6) is 1.79. The highest BCUT2D eigenvalue weighted by molar-refractivity contribution is 5.78. The number of fused-ring (bicyclic) bond motifs is 1. The summed E-state index contributed by atoms with van der Waals surface area (Å²) in [6, 6.07) is 8.17. The van der Waals surface area contributed by atoms with E-state index in [0.717, 1.165) is 55.9 Å². The molecule has 2 aliphatic rings. The molecular weight excluding hydrogens is 304 g/mol. The maximum Gasteiger partial charge on any atom is 0.236 e. The van der Waals surface area contributed by atoms with E-state index in [4.69, 9.17) is 9.72 Å². The molecule has 2 saturated heterocycles. The summed E-state index contributed by atoms with van der Waals surface area (Å²) in [6.07, 6.45) is 2.10. The van der Waals surface area contributed by atoms with Gasteiger partial charge >= 0.3 is 0 Å². The number of hydrogen-bond donors (Lipinski definition) is 1. The molecule has 0 unspecified atom stereocenters. The molecule has 1 aromatic heterocycles. The van der Waals surface area contributed by atoms with Crippen molar-refractivity contribution in [1.29, 1.82) is 0 Å². The first-order valence-electron chi connectivity index (χ1n) is 8.82. The molecule has 2 aliphatic heterocycles. The van der Waals surface area contributed by atoms with Crippen molar-refractivity contribution in [3.05, 3.63) is 30.1 Å². The van der Waals surface area contributed by atoms with Crippen LogP contribution in [-0.4, -0.2) is 71.6 Å². The minimum Gasteiger partial charge on any atom is -0.378 e. The van der Waals surface area contributed by atoms with Gasteiger partial charge < -0.3 is 14.6 Å². The maximum atomic E-state index is 12.3. The zero-order valence-corrected chi connectivity index (χ0v) is 13.9. The minimum atomic E-state index is 0.237. The third kappa shape index (κ3) is 3.30. The molecule has 6 heteroatoms. The molecule has 2 fully saturated rings. The number of imidazole rings is 1. The second-order valence-electron chi connectivity index (χ2n) is 6.68. The van der Waals surface area contributed by atoms with Crippen LogP contribution in [0.3, 0.4) is 0 Å². The monoisotopic (exact) mass is 328 g/mol. The fraction of sp³-hybridized carbons (Fsp3) is 0.556. The largest absolute Gasteiger partial charge is 0.378 e. The Kier molecular flexibility index (Phi) is 4.49. The zero-order valence-electron chi connectivity index (χ0n) is 13.9. The second-order valence-corrected chi connectivity index (χ2v) is 6.68. The number of nitrogens with zero attached hydrogens (tertiary/aromatic N) is 3. The molecular formula is C18H24N4O2. The van der Waals surface area contributed by atoms with Crippen molar-refractivity contribution in [3.63, 3.8) is 0 Å². The van der Waals surface area contributed by atoms with Crippen molar-refractivity contribution in [2.45, 2.75) is 18.8 Å². The van der Waals surface area contributed by atoms with E-state index < -0.39 is 0 Å². The van der Waals surface area contributed by atoms with E-state index >= 15 is 0 Å². The van der Waals surface area contributed by atoms with E-state index in [2.05, 4.69) is 16.0 Å². The number of hydrogen-bond acceptors (Lipinski definition) is 4. The van der Waals surface area contributed by atoms with E-state index in [9.17, 15) is 4.79 Å². The van der Waals surface area contributed by atoms with Crippen LogP contribution in [0.1, 0.15) is 24.6 Å². The molecule has 0 radical (unpaired) electrons. The van der Waals surface area contributed by atoms with Crippen LogP contribution in [0.4, 0.5) is 0 Å². The quantitative estimate of drug-likeness (QED) is 0.930. The molecule has 4 rings (SSSR count). The van der Waals surface area contributed by atoms with Crippen LogP contribution >= 0.6 is 0 Å². The molecule has 0 bridgehead atoms. The summed E-state index contributed by atoms with van der Waals surface area (Å²) in [7, 11) is 0. The highest BCUT2D eigenvalue weighted by Gasteiger charge is 2.26. The standard InChI is InChI=1S/C18H24N4O2/c23-17(22-9-11-24-12-10-22)13-21-7-5-14(6-8-21)18-19-15-3-1-2-4-16(15)20-18/h1-4,14H,5-13H2,(H,19,20). The summed E-state index contributed by atoms with van der Waals surface area (Å²) in [4.78, 5) is 24.7. The number of nitrogens with one attached hydrogen (secondary N) is 1. The van der Waals surface area contributed by atoms with Crippen LogP contribution in [0, 0.1) is 0 Å². The maximum absolute atomic E-state index is 12.3. The van der Waals surface area contributed by atoms with Crippen molar-refractivity contribution in [2.24, 2.45) is 0 Å².